The Hall–Kier alpha value is -3.36. The lowest BCUT2D eigenvalue weighted by Crippen LogP contribution is -2.47. The average Bonchev–Trinajstić information content (AvgIpc) is 2.98. The molecule has 2 aromatic carbocycles. The molecule has 0 radical (unpaired) electrons. The molecule has 0 aliphatic carbocycles. The Labute approximate surface area is 240 Å². The minimum atomic E-state index is 0.168. The highest BCUT2D eigenvalue weighted by Crippen LogP contribution is 2.16. The molecule has 8 heteroatoms. The van der Waals surface area contributed by atoms with Crippen LogP contribution < -0.4 is 22.1 Å². The first kappa shape index (κ1) is 31.2. The van der Waals surface area contributed by atoms with Crippen molar-refractivity contribution >= 4 is 23.2 Å². The molecule has 2 heterocycles. The van der Waals surface area contributed by atoms with Crippen LogP contribution in [0.3, 0.4) is 0 Å². The van der Waals surface area contributed by atoms with Gasteiger partial charge in [-0.1, -0.05) is 37.3 Å². The van der Waals surface area contributed by atoms with Crippen LogP contribution >= 0.6 is 0 Å². The van der Waals surface area contributed by atoms with Crippen LogP contribution in [-0.2, 0) is 22.4 Å². The van der Waals surface area contributed by atoms with Crippen LogP contribution in [0, 0.1) is 0 Å². The largest absolute Gasteiger partial charge is 0.399 e. The third-order valence-electron chi connectivity index (χ3n) is 7.60. The number of nitrogen functional groups attached to an aromatic ring is 2. The minimum absolute atomic E-state index is 0.168. The SMILES string of the molecule is C=CCN(C(=O)Cc1ccc(N)cc1)C1CCNCC1.CCCN(C(=O)Cc1ccc(N)cc1)C1CCNCC1. The molecule has 2 fully saturated rings. The topological polar surface area (TPSA) is 117 Å². The van der Waals surface area contributed by atoms with Crippen molar-refractivity contribution in [1.29, 1.82) is 0 Å². The molecule has 0 atom stereocenters. The van der Waals surface area contributed by atoms with E-state index in [-0.39, 0.29) is 11.8 Å². The molecule has 0 bridgehead atoms. The van der Waals surface area contributed by atoms with Crippen molar-refractivity contribution in [3.63, 3.8) is 0 Å². The average molecular weight is 549 g/mol. The predicted octanol–water partition coefficient (Wildman–Crippen LogP) is 3.38. The molecule has 4 rings (SSSR count). The zero-order valence-corrected chi connectivity index (χ0v) is 24.1. The summed E-state index contributed by atoms with van der Waals surface area (Å²) in [6.45, 7) is 11.4. The summed E-state index contributed by atoms with van der Waals surface area (Å²) in [4.78, 5) is 29.1. The predicted molar refractivity (Wildman–Crippen MR) is 165 cm³/mol. The smallest absolute Gasteiger partial charge is 0.227 e. The second-order valence-corrected chi connectivity index (χ2v) is 10.7. The number of hydrogen-bond donors (Lipinski definition) is 4. The molecule has 218 valence electrons. The molecule has 0 aromatic heterocycles. The highest BCUT2D eigenvalue weighted by molar-refractivity contribution is 5.80. The van der Waals surface area contributed by atoms with Gasteiger partial charge in [0.25, 0.3) is 0 Å². The molecule has 2 aromatic rings. The van der Waals surface area contributed by atoms with Crippen LogP contribution in [-0.4, -0.2) is 73.0 Å². The molecule has 2 aliphatic heterocycles. The number of nitrogens with zero attached hydrogens (tertiary/aromatic N) is 2. The van der Waals surface area contributed by atoms with Crippen LogP contribution in [0.4, 0.5) is 11.4 Å². The quantitative estimate of drug-likeness (QED) is 0.267. The van der Waals surface area contributed by atoms with Gasteiger partial charge in [0, 0.05) is 36.5 Å². The number of carbonyl (C=O) groups is 2. The fourth-order valence-corrected chi connectivity index (χ4v) is 5.41. The molecular weight excluding hydrogens is 500 g/mol. The lowest BCUT2D eigenvalue weighted by molar-refractivity contribution is -0.134. The van der Waals surface area contributed by atoms with Gasteiger partial charge in [0.15, 0.2) is 0 Å². The second-order valence-electron chi connectivity index (χ2n) is 10.7. The molecular formula is C32H48N6O2. The molecule has 2 amide bonds. The number of anilines is 2. The molecule has 8 nitrogen and oxygen atoms in total. The van der Waals surface area contributed by atoms with Crippen molar-refractivity contribution in [2.45, 2.75) is 64.0 Å². The monoisotopic (exact) mass is 548 g/mol. The zero-order valence-electron chi connectivity index (χ0n) is 24.1. The van der Waals surface area contributed by atoms with E-state index in [1.807, 2.05) is 59.5 Å². The van der Waals surface area contributed by atoms with E-state index in [2.05, 4.69) is 29.0 Å². The Kier molecular flexibility index (Phi) is 13.0. The number of rotatable bonds is 10. The lowest BCUT2D eigenvalue weighted by Gasteiger charge is -2.34. The zero-order chi connectivity index (χ0) is 28.7. The van der Waals surface area contributed by atoms with Gasteiger partial charge in [-0.05, 0) is 93.7 Å². The molecule has 0 unspecified atom stereocenters. The van der Waals surface area contributed by atoms with Gasteiger partial charge in [-0.15, -0.1) is 6.58 Å². The summed E-state index contributed by atoms with van der Waals surface area (Å²) in [6, 6.07) is 15.8. The molecule has 0 saturated carbocycles. The van der Waals surface area contributed by atoms with Crippen LogP contribution in [0.5, 0.6) is 0 Å². The van der Waals surface area contributed by atoms with Gasteiger partial charge in [-0.2, -0.15) is 0 Å². The third-order valence-corrected chi connectivity index (χ3v) is 7.60. The third kappa shape index (κ3) is 9.99. The van der Waals surface area contributed by atoms with Crippen LogP contribution in [0.1, 0.15) is 50.2 Å². The van der Waals surface area contributed by atoms with Crippen molar-refractivity contribution in [3.05, 3.63) is 72.3 Å². The Balaban J connectivity index is 0.000000220. The highest BCUT2D eigenvalue weighted by atomic mass is 16.2. The van der Waals surface area contributed by atoms with Crippen LogP contribution in [0.2, 0.25) is 0 Å². The Morgan fingerprint density at radius 3 is 1.57 bits per heavy atom. The second kappa shape index (κ2) is 16.7. The fourth-order valence-electron chi connectivity index (χ4n) is 5.41. The van der Waals surface area contributed by atoms with Gasteiger partial charge >= 0.3 is 0 Å². The Morgan fingerprint density at radius 2 is 1.18 bits per heavy atom. The molecule has 2 aliphatic rings. The van der Waals surface area contributed by atoms with Gasteiger partial charge in [-0.25, -0.2) is 0 Å². The summed E-state index contributed by atoms with van der Waals surface area (Å²) < 4.78 is 0. The van der Waals surface area contributed by atoms with E-state index in [1.54, 1.807) is 0 Å². The number of piperidine rings is 2. The number of hydrogen-bond acceptors (Lipinski definition) is 6. The number of carbonyl (C=O) groups excluding carboxylic acids is 2. The van der Waals surface area contributed by atoms with E-state index in [4.69, 9.17) is 11.5 Å². The minimum Gasteiger partial charge on any atom is -0.399 e. The van der Waals surface area contributed by atoms with Gasteiger partial charge in [0.2, 0.25) is 11.8 Å². The molecule has 6 N–H and O–H groups in total. The molecule has 0 spiro atoms. The van der Waals surface area contributed by atoms with E-state index in [0.29, 0.717) is 31.5 Å². The van der Waals surface area contributed by atoms with Crippen molar-refractivity contribution < 1.29 is 9.59 Å². The summed E-state index contributed by atoms with van der Waals surface area (Å²) in [5.41, 5.74) is 14.9. The van der Waals surface area contributed by atoms with Crippen molar-refractivity contribution in [2.24, 2.45) is 0 Å². The molecule has 2 saturated heterocycles. The van der Waals surface area contributed by atoms with E-state index in [9.17, 15) is 9.59 Å². The number of nitrogens with two attached hydrogens (primary N) is 2. The van der Waals surface area contributed by atoms with E-state index in [0.717, 1.165) is 87.3 Å². The number of benzene rings is 2. The van der Waals surface area contributed by atoms with Crippen LogP contribution in [0.25, 0.3) is 0 Å². The first-order valence-corrected chi connectivity index (χ1v) is 14.7. The van der Waals surface area contributed by atoms with Crippen molar-refractivity contribution in [2.75, 3.05) is 50.7 Å². The molecule has 40 heavy (non-hydrogen) atoms. The van der Waals surface area contributed by atoms with E-state index >= 15 is 0 Å². The Bertz CT molecular complexity index is 1040. The fraction of sp³-hybridized carbons (Fsp3) is 0.500. The first-order chi connectivity index (χ1) is 19.4. The van der Waals surface area contributed by atoms with Gasteiger partial charge in [0.1, 0.15) is 0 Å². The van der Waals surface area contributed by atoms with Crippen molar-refractivity contribution in [1.82, 2.24) is 20.4 Å². The summed E-state index contributed by atoms with van der Waals surface area (Å²) in [5.74, 6) is 0.407. The summed E-state index contributed by atoms with van der Waals surface area (Å²) in [5, 5.41) is 6.68. The van der Waals surface area contributed by atoms with Gasteiger partial charge < -0.3 is 31.9 Å². The number of nitrogens with one attached hydrogen (secondary N) is 2. The van der Waals surface area contributed by atoms with Gasteiger partial charge in [-0.3, -0.25) is 9.59 Å². The maximum absolute atomic E-state index is 12.6. The maximum Gasteiger partial charge on any atom is 0.227 e. The Morgan fingerprint density at radius 1 is 0.775 bits per heavy atom. The first-order valence-electron chi connectivity index (χ1n) is 14.7. The van der Waals surface area contributed by atoms with E-state index < -0.39 is 0 Å². The maximum atomic E-state index is 12.6. The van der Waals surface area contributed by atoms with Crippen LogP contribution in [0.15, 0.2) is 61.2 Å². The van der Waals surface area contributed by atoms with Gasteiger partial charge in [0.05, 0.1) is 12.8 Å². The van der Waals surface area contributed by atoms with E-state index in [1.165, 1.54) is 0 Å². The highest BCUT2D eigenvalue weighted by Gasteiger charge is 2.25. The summed E-state index contributed by atoms with van der Waals surface area (Å²) in [6.07, 6.45) is 7.88. The number of amides is 2. The van der Waals surface area contributed by atoms with Crippen molar-refractivity contribution in [3.8, 4) is 0 Å². The standard InChI is InChI=1S/C16H25N3O.C16H23N3O/c2*1-2-11-19(15-7-9-18-10-8-15)16(20)12-13-3-5-14(17)6-4-13/h3-6,15,18H,2,7-12,17H2,1H3;2-6,15,18H,1,7-12,17H2. The summed E-state index contributed by atoms with van der Waals surface area (Å²) in [7, 11) is 0. The normalized spacial score (nSPS) is 15.9. The summed E-state index contributed by atoms with van der Waals surface area (Å²) >= 11 is 0. The lowest BCUT2D eigenvalue weighted by atomic mass is 10.0.